The average molecular weight is 401 g/mol. The SMILES string of the molecule is COc1cc(OC)c(OC)cc1/C=C/C(=O)NCCNc1ccccc1[N+](=O)[O-]. The molecule has 2 rings (SSSR count). The number of amides is 1. The van der Waals surface area contributed by atoms with E-state index in [1.165, 1.54) is 33.5 Å². The van der Waals surface area contributed by atoms with Gasteiger partial charge in [0.05, 0.1) is 26.3 Å². The number of carbonyl (C=O) groups excluding carboxylic acids is 1. The number of para-hydroxylation sites is 2. The highest BCUT2D eigenvalue weighted by Crippen LogP contribution is 2.35. The van der Waals surface area contributed by atoms with Crippen LogP contribution in [0.2, 0.25) is 0 Å². The molecule has 0 saturated carbocycles. The van der Waals surface area contributed by atoms with Gasteiger partial charge in [-0.1, -0.05) is 12.1 Å². The zero-order valence-electron chi connectivity index (χ0n) is 16.4. The Labute approximate surface area is 168 Å². The summed E-state index contributed by atoms with van der Waals surface area (Å²) in [6, 6.07) is 9.71. The van der Waals surface area contributed by atoms with Crippen molar-refractivity contribution in [2.75, 3.05) is 39.7 Å². The van der Waals surface area contributed by atoms with Gasteiger partial charge in [0.1, 0.15) is 11.4 Å². The van der Waals surface area contributed by atoms with Crippen LogP contribution < -0.4 is 24.8 Å². The highest BCUT2D eigenvalue weighted by Gasteiger charge is 2.12. The van der Waals surface area contributed by atoms with E-state index < -0.39 is 4.92 Å². The van der Waals surface area contributed by atoms with Crippen LogP contribution in [0.15, 0.2) is 42.5 Å². The van der Waals surface area contributed by atoms with Crippen LogP contribution >= 0.6 is 0 Å². The standard InChI is InChI=1S/C20H23N3O6/c1-27-17-13-19(29-3)18(28-2)12-14(17)8-9-20(24)22-11-10-21-15-6-4-5-7-16(15)23(25)26/h4-9,12-13,21H,10-11H2,1-3H3,(H,22,24)/b9-8+. The summed E-state index contributed by atoms with van der Waals surface area (Å²) in [5.74, 6) is 1.25. The summed E-state index contributed by atoms with van der Waals surface area (Å²) in [6.07, 6.45) is 2.97. The first kappa shape index (κ1) is 21.5. The van der Waals surface area contributed by atoms with Crippen molar-refractivity contribution >= 4 is 23.4 Å². The molecule has 2 aromatic rings. The number of ether oxygens (including phenoxy) is 3. The maximum atomic E-state index is 12.0. The first-order chi connectivity index (χ1) is 14.0. The van der Waals surface area contributed by atoms with Gasteiger partial charge < -0.3 is 24.8 Å². The maximum absolute atomic E-state index is 12.0. The van der Waals surface area contributed by atoms with Gasteiger partial charge in [-0.15, -0.1) is 0 Å². The van der Waals surface area contributed by atoms with Crippen molar-refractivity contribution in [2.24, 2.45) is 0 Å². The van der Waals surface area contributed by atoms with Gasteiger partial charge in [0.2, 0.25) is 5.91 Å². The lowest BCUT2D eigenvalue weighted by Gasteiger charge is -2.12. The van der Waals surface area contributed by atoms with Gasteiger partial charge in [-0.2, -0.15) is 0 Å². The minimum absolute atomic E-state index is 0.0146. The van der Waals surface area contributed by atoms with E-state index in [9.17, 15) is 14.9 Å². The summed E-state index contributed by atoms with van der Waals surface area (Å²) in [7, 11) is 4.57. The number of carbonyl (C=O) groups is 1. The fraction of sp³-hybridized carbons (Fsp3) is 0.250. The van der Waals surface area contributed by atoms with Crippen LogP contribution in [0.25, 0.3) is 6.08 Å². The maximum Gasteiger partial charge on any atom is 0.292 e. The van der Waals surface area contributed by atoms with Crippen molar-refractivity contribution < 1.29 is 23.9 Å². The van der Waals surface area contributed by atoms with Crippen molar-refractivity contribution in [1.29, 1.82) is 0 Å². The molecule has 2 N–H and O–H groups in total. The van der Waals surface area contributed by atoms with E-state index in [1.54, 1.807) is 36.4 Å². The van der Waals surface area contributed by atoms with E-state index in [1.807, 2.05) is 0 Å². The van der Waals surface area contributed by atoms with Crippen molar-refractivity contribution in [2.45, 2.75) is 0 Å². The quantitative estimate of drug-likeness (QED) is 0.272. The summed E-state index contributed by atoms with van der Waals surface area (Å²) in [5, 5.41) is 16.6. The summed E-state index contributed by atoms with van der Waals surface area (Å²) in [4.78, 5) is 22.6. The lowest BCUT2D eigenvalue weighted by atomic mass is 10.1. The molecule has 29 heavy (non-hydrogen) atoms. The summed E-state index contributed by atoms with van der Waals surface area (Å²) >= 11 is 0. The molecule has 154 valence electrons. The van der Waals surface area contributed by atoms with Crippen LogP contribution in [-0.4, -0.2) is 45.2 Å². The predicted molar refractivity (Wildman–Crippen MR) is 110 cm³/mol. The van der Waals surface area contributed by atoms with Crippen LogP contribution in [0, 0.1) is 10.1 Å². The van der Waals surface area contributed by atoms with Crippen LogP contribution in [0.4, 0.5) is 11.4 Å². The number of benzene rings is 2. The van der Waals surface area contributed by atoms with E-state index in [0.29, 0.717) is 35.0 Å². The molecule has 0 aromatic heterocycles. The van der Waals surface area contributed by atoms with Gasteiger partial charge in [-0.05, 0) is 18.2 Å². The van der Waals surface area contributed by atoms with Crippen molar-refractivity contribution in [1.82, 2.24) is 5.32 Å². The zero-order chi connectivity index (χ0) is 21.2. The fourth-order valence-electron chi connectivity index (χ4n) is 2.57. The Morgan fingerprint density at radius 2 is 1.69 bits per heavy atom. The topological polar surface area (TPSA) is 112 Å². The third-order valence-corrected chi connectivity index (χ3v) is 3.99. The Kier molecular flexibility index (Phi) is 7.84. The second kappa shape index (κ2) is 10.5. The largest absolute Gasteiger partial charge is 0.496 e. The monoisotopic (exact) mass is 401 g/mol. The van der Waals surface area contributed by atoms with Crippen LogP contribution in [0.5, 0.6) is 17.2 Å². The Bertz CT molecular complexity index is 898. The van der Waals surface area contributed by atoms with Gasteiger partial charge in [-0.3, -0.25) is 14.9 Å². The van der Waals surface area contributed by atoms with Gasteiger partial charge in [0.25, 0.3) is 5.69 Å². The second-order valence-corrected chi connectivity index (χ2v) is 5.77. The van der Waals surface area contributed by atoms with Gasteiger partial charge in [-0.25, -0.2) is 0 Å². The Morgan fingerprint density at radius 3 is 2.34 bits per heavy atom. The first-order valence-electron chi connectivity index (χ1n) is 8.73. The lowest BCUT2D eigenvalue weighted by Crippen LogP contribution is -2.27. The third kappa shape index (κ3) is 5.86. The van der Waals surface area contributed by atoms with Gasteiger partial charge in [0.15, 0.2) is 11.5 Å². The number of nitrogens with zero attached hydrogens (tertiary/aromatic N) is 1. The minimum Gasteiger partial charge on any atom is -0.496 e. The molecule has 9 heteroatoms. The molecule has 0 aliphatic carbocycles. The molecular formula is C20H23N3O6. The molecule has 0 aliphatic heterocycles. The van der Waals surface area contributed by atoms with Crippen molar-refractivity contribution in [3.05, 3.63) is 58.2 Å². The lowest BCUT2D eigenvalue weighted by molar-refractivity contribution is -0.384. The minimum atomic E-state index is -0.458. The smallest absolute Gasteiger partial charge is 0.292 e. The zero-order valence-corrected chi connectivity index (χ0v) is 16.4. The number of anilines is 1. The van der Waals surface area contributed by atoms with Crippen LogP contribution in [0.1, 0.15) is 5.56 Å². The van der Waals surface area contributed by atoms with Crippen LogP contribution in [0.3, 0.4) is 0 Å². The first-order valence-corrected chi connectivity index (χ1v) is 8.73. The van der Waals surface area contributed by atoms with E-state index >= 15 is 0 Å². The molecule has 1 amide bonds. The molecule has 0 unspecified atom stereocenters. The molecule has 9 nitrogen and oxygen atoms in total. The van der Waals surface area contributed by atoms with Gasteiger partial charge >= 0.3 is 0 Å². The summed E-state index contributed by atoms with van der Waals surface area (Å²) < 4.78 is 15.8. The molecule has 0 heterocycles. The molecule has 2 aromatic carbocycles. The highest BCUT2D eigenvalue weighted by molar-refractivity contribution is 5.92. The van der Waals surface area contributed by atoms with Crippen molar-refractivity contribution in [3.8, 4) is 17.2 Å². The Morgan fingerprint density at radius 1 is 1.03 bits per heavy atom. The average Bonchev–Trinajstić information content (AvgIpc) is 2.74. The van der Waals surface area contributed by atoms with Crippen molar-refractivity contribution in [3.63, 3.8) is 0 Å². The molecule has 0 bridgehead atoms. The normalized spacial score (nSPS) is 10.4. The number of nitro benzene ring substituents is 1. The van der Waals surface area contributed by atoms with Crippen LogP contribution in [-0.2, 0) is 4.79 Å². The number of nitro groups is 1. The molecule has 0 radical (unpaired) electrons. The predicted octanol–water partition coefficient (Wildman–Crippen LogP) is 2.86. The second-order valence-electron chi connectivity index (χ2n) is 5.77. The molecule has 0 aliphatic rings. The Hall–Kier alpha value is -3.75. The fourth-order valence-corrected chi connectivity index (χ4v) is 2.57. The number of hydrogen-bond acceptors (Lipinski definition) is 7. The number of nitrogens with one attached hydrogen (secondary N) is 2. The number of rotatable bonds is 10. The van der Waals surface area contributed by atoms with E-state index in [4.69, 9.17) is 14.2 Å². The van der Waals surface area contributed by atoms with E-state index in [-0.39, 0.29) is 18.1 Å². The van der Waals surface area contributed by atoms with E-state index in [2.05, 4.69) is 10.6 Å². The molecule has 0 fully saturated rings. The highest BCUT2D eigenvalue weighted by atomic mass is 16.6. The Balaban J connectivity index is 1.93. The third-order valence-electron chi connectivity index (χ3n) is 3.99. The van der Waals surface area contributed by atoms with Gasteiger partial charge in [0, 0.05) is 36.9 Å². The molecule has 0 saturated heterocycles. The molecule has 0 spiro atoms. The van der Waals surface area contributed by atoms with E-state index in [0.717, 1.165) is 0 Å². The number of methoxy groups -OCH3 is 3. The molecule has 0 atom stereocenters. The number of hydrogen-bond donors (Lipinski definition) is 2. The summed E-state index contributed by atoms with van der Waals surface area (Å²) in [6.45, 7) is 0.627. The summed E-state index contributed by atoms with van der Waals surface area (Å²) in [5.41, 5.74) is 1.04. The molecular weight excluding hydrogens is 378 g/mol.